The zero-order chi connectivity index (χ0) is 13.5. The van der Waals surface area contributed by atoms with Crippen molar-refractivity contribution in [3.8, 4) is 0 Å². The summed E-state index contributed by atoms with van der Waals surface area (Å²) in [5, 5.41) is 3.65. The van der Waals surface area contributed by atoms with Gasteiger partial charge in [0.15, 0.2) is 0 Å². The number of ether oxygens (including phenoxy) is 1. The number of hydrogen-bond acceptors (Lipinski definition) is 2. The van der Waals surface area contributed by atoms with Gasteiger partial charge in [-0.05, 0) is 38.0 Å². The molecule has 0 saturated heterocycles. The second-order valence-electron chi connectivity index (χ2n) is 4.12. The minimum absolute atomic E-state index is 0.0286. The first-order chi connectivity index (χ1) is 8.58. The lowest BCUT2D eigenvalue weighted by atomic mass is 10.0. The number of benzene rings is 1. The Balaban J connectivity index is 2.70. The predicted octanol–water partition coefficient (Wildman–Crippen LogP) is 3.33. The van der Waals surface area contributed by atoms with E-state index in [1.807, 2.05) is 38.1 Å². The Morgan fingerprint density at radius 2 is 2.17 bits per heavy atom. The van der Waals surface area contributed by atoms with Crippen molar-refractivity contribution in [1.82, 2.24) is 5.32 Å². The highest BCUT2D eigenvalue weighted by molar-refractivity contribution is 6.30. The van der Waals surface area contributed by atoms with E-state index in [9.17, 15) is 4.79 Å². The Bertz CT molecular complexity index is 395. The molecule has 2 unspecified atom stereocenters. The van der Waals surface area contributed by atoms with Gasteiger partial charge in [0.2, 0.25) is 5.91 Å². The fraction of sp³-hybridized carbons (Fsp3) is 0.500. The third-order valence-corrected chi connectivity index (χ3v) is 3.00. The summed E-state index contributed by atoms with van der Waals surface area (Å²) in [7, 11) is 0. The molecule has 0 bridgehead atoms. The molecule has 0 aromatic heterocycles. The summed E-state index contributed by atoms with van der Waals surface area (Å²) in [6.45, 7) is 6.18. The summed E-state index contributed by atoms with van der Waals surface area (Å²) in [6.07, 6.45) is 0.383. The van der Waals surface area contributed by atoms with Crippen molar-refractivity contribution in [2.75, 3.05) is 6.61 Å². The average Bonchev–Trinajstić information content (AvgIpc) is 2.35. The minimum Gasteiger partial charge on any atom is -0.369 e. The largest absolute Gasteiger partial charge is 0.369 e. The Labute approximate surface area is 113 Å². The fourth-order valence-electron chi connectivity index (χ4n) is 1.76. The molecular weight excluding hydrogens is 250 g/mol. The molecule has 100 valence electrons. The lowest BCUT2D eigenvalue weighted by Gasteiger charge is -2.20. The zero-order valence-corrected chi connectivity index (χ0v) is 11.8. The molecular formula is C14H20ClNO2. The van der Waals surface area contributed by atoms with Crippen LogP contribution in [0.1, 0.15) is 38.8 Å². The summed E-state index contributed by atoms with van der Waals surface area (Å²) >= 11 is 5.96. The van der Waals surface area contributed by atoms with E-state index in [4.69, 9.17) is 16.3 Å². The van der Waals surface area contributed by atoms with E-state index in [0.717, 1.165) is 12.0 Å². The lowest BCUT2D eigenvalue weighted by molar-refractivity contribution is -0.132. The van der Waals surface area contributed by atoms with Gasteiger partial charge >= 0.3 is 0 Å². The van der Waals surface area contributed by atoms with Gasteiger partial charge in [-0.1, -0.05) is 30.7 Å². The standard InChI is InChI=1S/C14H20ClNO2/c1-4-13(11-7-6-8-12(15)9-11)16-14(17)10(3)18-5-2/h6-10,13H,4-5H2,1-3H3,(H,16,17). The van der Waals surface area contributed by atoms with E-state index in [0.29, 0.717) is 11.6 Å². The van der Waals surface area contributed by atoms with Gasteiger partial charge in [-0.15, -0.1) is 0 Å². The first-order valence-corrected chi connectivity index (χ1v) is 6.63. The molecule has 1 amide bonds. The minimum atomic E-state index is -0.428. The van der Waals surface area contributed by atoms with E-state index < -0.39 is 6.10 Å². The Hall–Kier alpha value is -1.06. The van der Waals surface area contributed by atoms with Gasteiger partial charge in [-0.2, -0.15) is 0 Å². The van der Waals surface area contributed by atoms with Crippen LogP contribution in [-0.2, 0) is 9.53 Å². The molecule has 0 saturated carbocycles. The highest BCUT2D eigenvalue weighted by atomic mass is 35.5. The summed E-state index contributed by atoms with van der Waals surface area (Å²) in [6, 6.07) is 7.52. The SMILES string of the molecule is CCOC(C)C(=O)NC(CC)c1cccc(Cl)c1. The summed E-state index contributed by atoms with van der Waals surface area (Å²) in [5.41, 5.74) is 1.02. The smallest absolute Gasteiger partial charge is 0.249 e. The van der Waals surface area contributed by atoms with Crippen LogP contribution in [0.15, 0.2) is 24.3 Å². The third kappa shape index (κ3) is 4.31. The van der Waals surface area contributed by atoms with E-state index >= 15 is 0 Å². The molecule has 1 aromatic rings. The van der Waals surface area contributed by atoms with Crippen LogP contribution in [0.4, 0.5) is 0 Å². The molecule has 4 heteroatoms. The molecule has 0 heterocycles. The summed E-state index contributed by atoms with van der Waals surface area (Å²) in [5.74, 6) is -0.0938. The normalized spacial score (nSPS) is 14.0. The monoisotopic (exact) mass is 269 g/mol. The van der Waals surface area contributed by atoms with Crippen molar-refractivity contribution in [2.24, 2.45) is 0 Å². The van der Waals surface area contributed by atoms with Crippen LogP contribution in [-0.4, -0.2) is 18.6 Å². The van der Waals surface area contributed by atoms with Crippen molar-refractivity contribution < 1.29 is 9.53 Å². The molecule has 0 aliphatic carbocycles. The van der Waals surface area contributed by atoms with Gasteiger partial charge in [0.05, 0.1) is 6.04 Å². The zero-order valence-electron chi connectivity index (χ0n) is 11.1. The summed E-state index contributed by atoms with van der Waals surface area (Å²) in [4.78, 5) is 11.9. The van der Waals surface area contributed by atoms with E-state index in [1.54, 1.807) is 6.92 Å². The second-order valence-corrected chi connectivity index (χ2v) is 4.56. The van der Waals surface area contributed by atoms with Crippen molar-refractivity contribution in [2.45, 2.75) is 39.3 Å². The second kappa shape index (κ2) is 7.39. The molecule has 2 atom stereocenters. The van der Waals surface area contributed by atoms with Gasteiger partial charge in [-0.25, -0.2) is 0 Å². The summed E-state index contributed by atoms with van der Waals surface area (Å²) < 4.78 is 5.27. The van der Waals surface area contributed by atoms with Crippen LogP contribution >= 0.6 is 11.6 Å². The van der Waals surface area contributed by atoms with Gasteiger partial charge in [0, 0.05) is 11.6 Å². The molecule has 18 heavy (non-hydrogen) atoms. The van der Waals surface area contributed by atoms with Crippen LogP contribution in [0.5, 0.6) is 0 Å². The van der Waals surface area contributed by atoms with Gasteiger partial charge < -0.3 is 10.1 Å². The Morgan fingerprint density at radius 1 is 1.44 bits per heavy atom. The maximum Gasteiger partial charge on any atom is 0.249 e. The topological polar surface area (TPSA) is 38.3 Å². The highest BCUT2D eigenvalue weighted by Crippen LogP contribution is 2.20. The van der Waals surface area contributed by atoms with Crippen LogP contribution in [0, 0.1) is 0 Å². The number of rotatable bonds is 6. The van der Waals surface area contributed by atoms with E-state index in [-0.39, 0.29) is 11.9 Å². The molecule has 1 N–H and O–H groups in total. The molecule has 0 aliphatic heterocycles. The molecule has 3 nitrogen and oxygen atoms in total. The van der Waals surface area contributed by atoms with Gasteiger partial charge in [-0.3, -0.25) is 4.79 Å². The van der Waals surface area contributed by atoms with Crippen LogP contribution in [0.2, 0.25) is 5.02 Å². The maximum atomic E-state index is 11.9. The quantitative estimate of drug-likeness (QED) is 0.860. The molecule has 1 aromatic carbocycles. The first kappa shape index (κ1) is 15.0. The van der Waals surface area contributed by atoms with Gasteiger partial charge in [0.25, 0.3) is 0 Å². The third-order valence-electron chi connectivity index (χ3n) is 2.76. The average molecular weight is 270 g/mol. The number of nitrogens with one attached hydrogen (secondary N) is 1. The first-order valence-electron chi connectivity index (χ1n) is 6.25. The number of carbonyl (C=O) groups is 1. The van der Waals surface area contributed by atoms with Crippen LogP contribution in [0.25, 0.3) is 0 Å². The highest BCUT2D eigenvalue weighted by Gasteiger charge is 2.17. The van der Waals surface area contributed by atoms with Crippen LogP contribution in [0.3, 0.4) is 0 Å². The van der Waals surface area contributed by atoms with Crippen LogP contribution < -0.4 is 5.32 Å². The Morgan fingerprint density at radius 3 is 2.72 bits per heavy atom. The fourth-order valence-corrected chi connectivity index (χ4v) is 1.96. The van der Waals surface area contributed by atoms with Crippen molar-refractivity contribution in [3.63, 3.8) is 0 Å². The van der Waals surface area contributed by atoms with E-state index in [2.05, 4.69) is 5.32 Å². The molecule has 1 rings (SSSR count). The van der Waals surface area contributed by atoms with Crippen molar-refractivity contribution in [1.29, 1.82) is 0 Å². The molecule has 0 aliphatic rings. The number of carbonyl (C=O) groups excluding carboxylic acids is 1. The van der Waals surface area contributed by atoms with Crippen molar-refractivity contribution in [3.05, 3.63) is 34.9 Å². The maximum absolute atomic E-state index is 11.9. The number of halogens is 1. The predicted molar refractivity (Wildman–Crippen MR) is 73.7 cm³/mol. The molecule has 0 spiro atoms. The van der Waals surface area contributed by atoms with Gasteiger partial charge in [0.1, 0.15) is 6.10 Å². The number of amides is 1. The van der Waals surface area contributed by atoms with E-state index in [1.165, 1.54) is 0 Å². The lowest BCUT2D eigenvalue weighted by Crippen LogP contribution is -2.37. The number of hydrogen-bond donors (Lipinski definition) is 1. The Kier molecular flexibility index (Phi) is 6.16. The molecule has 0 fully saturated rings. The molecule has 0 radical (unpaired) electrons. The van der Waals surface area contributed by atoms with Crippen molar-refractivity contribution >= 4 is 17.5 Å².